The second kappa shape index (κ2) is 11.8. The monoisotopic (exact) mass is 510 g/mol. The zero-order valence-electron chi connectivity index (χ0n) is 20.2. The highest BCUT2D eigenvalue weighted by molar-refractivity contribution is 5.92. The first-order valence-corrected chi connectivity index (χ1v) is 11.5. The molecule has 0 aliphatic rings. The van der Waals surface area contributed by atoms with Crippen molar-refractivity contribution in [1.82, 2.24) is 0 Å². The number of rotatable bonds is 3. The minimum atomic E-state index is -1.10. The molecule has 0 aliphatic heterocycles. The highest BCUT2D eigenvalue weighted by atomic mass is 16.4. The number of carbonyl (C=O) groups is 3. The average molecular weight is 511 g/mol. The lowest BCUT2D eigenvalue weighted by Gasteiger charge is -2.00. The Bertz CT molecular complexity index is 1590. The smallest absolute Gasteiger partial charge is 0.336 e. The van der Waals surface area contributed by atoms with Crippen LogP contribution < -0.4 is 0 Å². The molecule has 4 rings (SSSR count). The fourth-order valence-corrected chi connectivity index (χ4v) is 3.60. The van der Waals surface area contributed by atoms with Crippen LogP contribution in [0.15, 0.2) is 91.0 Å². The van der Waals surface area contributed by atoms with Gasteiger partial charge in [0.25, 0.3) is 0 Å². The van der Waals surface area contributed by atoms with Crippen molar-refractivity contribution in [3.8, 4) is 35.5 Å². The molecular weight excluding hydrogens is 492 g/mol. The van der Waals surface area contributed by atoms with Gasteiger partial charge < -0.3 is 15.3 Å². The van der Waals surface area contributed by atoms with Gasteiger partial charge in [-0.1, -0.05) is 71.9 Å². The average Bonchev–Trinajstić information content (AvgIpc) is 2.94. The summed E-state index contributed by atoms with van der Waals surface area (Å²) in [5.74, 6) is 14.2. The van der Waals surface area contributed by atoms with Gasteiger partial charge in [0.2, 0.25) is 0 Å². The first kappa shape index (κ1) is 26.0. The molecule has 0 radical (unpaired) electrons. The van der Waals surface area contributed by atoms with E-state index in [2.05, 4.69) is 35.5 Å². The van der Waals surface area contributed by atoms with E-state index >= 15 is 0 Å². The Balaban J connectivity index is 1.82. The van der Waals surface area contributed by atoms with Gasteiger partial charge in [-0.05, 0) is 54.6 Å². The van der Waals surface area contributed by atoms with E-state index in [1.54, 1.807) is 72.8 Å². The third-order valence-corrected chi connectivity index (χ3v) is 5.43. The highest BCUT2D eigenvalue weighted by Gasteiger charge is 2.09. The van der Waals surface area contributed by atoms with E-state index in [4.69, 9.17) is 0 Å². The van der Waals surface area contributed by atoms with Gasteiger partial charge >= 0.3 is 17.9 Å². The Kier molecular flexibility index (Phi) is 7.88. The van der Waals surface area contributed by atoms with Crippen molar-refractivity contribution >= 4 is 17.9 Å². The molecule has 0 saturated heterocycles. The molecule has 3 N–H and O–H groups in total. The zero-order valence-corrected chi connectivity index (χ0v) is 20.2. The van der Waals surface area contributed by atoms with Crippen LogP contribution in [0.4, 0.5) is 0 Å². The van der Waals surface area contributed by atoms with Crippen molar-refractivity contribution in [2.24, 2.45) is 0 Å². The highest BCUT2D eigenvalue weighted by Crippen LogP contribution is 2.13. The summed E-state index contributed by atoms with van der Waals surface area (Å²) in [4.78, 5) is 34.6. The summed E-state index contributed by atoms with van der Waals surface area (Å²) in [6.07, 6.45) is 0. The number of hydrogen-bond acceptors (Lipinski definition) is 3. The number of hydrogen-bond donors (Lipinski definition) is 3. The van der Waals surface area contributed by atoms with Crippen molar-refractivity contribution in [1.29, 1.82) is 0 Å². The lowest BCUT2D eigenvalue weighted by Crippen LogP contribution is -1.99. The predicted octanol–water partition coefficient (Wildman–Crippen LogP) is 4.98. The fourth-order valence-electron chi connectivity index (χ4n) is 3.60. The second-order valence-corrected chi connectivity index (χ2v) is 8.10. The van der Waals surface area contributed by atoms with Gasteiger partial charge in [0.15, 0.2) is 0 Å². The first-order valence-electron chi connectivity index (χ1n) is 11.5. The Morgan fingerprint density at radius 2 is 0.667 bits per heavy atom. The molecule has 0 saturated carbocycles. The van der Waals surface area contributed by atoms with Crippen LogP contribution in [-0.4, -0.2) is 33.2 Å². The van der Waals surface area contributed by atoms with E-state index < -0.39 is 17.9 Å². The lowest BCUT2D eigenvalue weighted by atomic mass is 10.0. The number of carboxylic acids is 3. The molecular formula is C33H18O6. The molecule has 0 amide bonds. The van der Waals surface area contributed by atoms with Gasteiger partial charge in [0, 0.05) is 33.4 Å². The van der Waals surface area contributed by atoms with Crippen LogP contribution in [0.25, 0.3) is 0 Å². The Hall–Kier alpha value is -6.03. The fraction of sp³-hybridized carbons (Fsp3) is 0. The minimum Gasteiger partial charge on any atom is -0.478 e. The van der Waals surface area contributed by atoms with Crippen molar-refractivity contribution in [2.75, 3.05) is 0 Å². The maximum Gasteiger partial charge on any atom is 0.336 e. The molecule has 39 heavy (non-hydrogen) atoms. The van der Waals surface area contributed by atoms with Crippen LogP contribution in [0.3, 0.4) is 0 Å². The van der Waals surface area contributed by atoms with Gasteiger partial charge in [0.1, 0.15) is 0 Å². The third kappa shape index (κ3) is 6.60. The van der Waals surface area contributed by atoms with E-state index in [1.807, 2.05) is 0 Å². The summed E-state index contributed by atoms with van der Waals surface area (Å²) in [6.45, 7) is 0. The quantitative estimate of drug-likeness (QED) is 0.335. The Labute approximate surface area is 224 Å². The third-order valence-electron chi connectivity index (χ3n) is 5.43. The van der Waals surface area contributed by atoms with E-state index in [9.17, 15) is 29.7 Å². The zero-order chi connectivity index (χ0) is 27.8. The van der Waals surface area contributed by atoms with Crippen molar-refractivity contribution in [2.45, 2.75) is 0 Å². The molecule has 0 aromatic heterocycles. The van der Waals surface area contributed by atoms with E-state index in [1.165, 1.54) is 18.2 Å². The molecule has 0 fully saturated rings. The molecule has 0 unspecified atom stereocenters. The SMILES string of the molecule is O=C(O)c1ccccc1C#Cc1cc(C#Cc2ccccc2C(=O)O)cc(C#Cc2ccccc2C(=O)O)c1. The maximum absolute atomic E-state index is 11.5. The summed E-state index contributed by atoms with van der Waals surface area (Å²) in [7, 11) is 0. The van der Waals surface area contributed by atoms with Crippen LogP contribution in [-0.2, 0) is 0 Å². The van der Waals surface area contributed by atoms with Gasteiger partial charge in [0.05, 0.1) is 16.7 Å². The standard InChI is InChI=1S/C33H18O6/c34-31(35)28-10-4-1-7-25(28)16-13-22-19-23(14-17-26-8-2-5-11-29(26)32(36)37)21-24(20-22)15-18-27-9-3-6-12-30(27)33(38)39/h1-12,19-21H,(H,34,35)(H,36,37)(H,38,39). The molecule has 186 valence electrons. The number of aromatic carboxylic acids is 3. The molecule has 0 aliphatic carbocycles. The van der Waals surface area contributed by atoms with Gasteiger partial charge in [-0.3, -0.25) is 0 Å². The Morgan fingerprint density at radius 1 is 0.410 bits per heavy atom. The summed E-state index contributed by atoms with van der Waals surface area (Å²) in [5.41, 5.74) is 2.67. The topological polar surface area (TPSA) is 112 Å². The summed E-state index contributed by atoms with van der Waals surface area (Å²) in [5, 5.41) is 28.3. The minimum absolute atomic E-state index is 0.0662. The molecule has 0 heterocycles. The van der Waals surface area contributed by atoms with E-state index in [0.717, 1.165) is 0 Å². The van der Waals surface area contributed by atoms with Crippen LogP contribution in [0.1, 0.15) is 64.5 Å². The predicted molar refractivity (Wildman–Crippen MR) is 145 cm³/mol. The van der Waals surface area contributed by atoms with Gasteiger partial charge in [-0.2, -0.15) is 0 Å². The number of carboxylic acid groups (broad SMARTS) is 3. The normalized spacial score (nSPS) is 9.54. The van der Waals surface area contributed by atoms with E-state index in [0.29, 0.717) is 33.4 Å². The van der Waals surface area contributed by atoms with Crippen molar-refractivity contribution in [3.05, 3.63) is 141 Å². The molecule has 6 nitrogen and oxygen atoms in total. The maximum atomic E-state index is 11.5. The van der Waals surface area contributed by atoms with Crippen LogP contribution in [0.5, 0.6) is 0 Å². The van der Waals surface area contributed by atoms with Crippen LogP contribution in [0, 0.1) is 35.5 Å². The molecule has 4 aromatic rings. The van der Waals surface area contributed by atoms with Gasteiger partial charge in [-0.15, -0.1) is 0 Å². The molecule has 0 spiro atoms. The van der Waals surface area contributed by atoms with Gasteiger partial charge in [-0.25, -0.2) is 14.4 Å². The molecule has 4 aromatic carbocycles. The molecule has 0 bridgehead atoms. The molecule has 6 heteroatoms. The van der Waals surface area contributed by atoms with Crippen LogP contribution >= 0.6 is 0 Å². The largest absolute Gasteiger partial charge is 0.478 e. The summed E-state index contributed by atoms with van der Waals surface area (Å²) in [6, 6.07) is 24.2. The van der Waals surface area contributed by atoms with Crippen molar-refractivity contribution in [3.63, 3.8) is 0 Å². The van der Waals surface area contributed by atoms with Crippen LogP contribution in [0.2, 0.25) is 0 Å². The summed E-state index contributed by atoms with van der Waals surface area (Å²) >= 11 is 0. The lowest BCUT2D eigenvalue weighted by molar-refractivity contribution is 0.0685. The van der Waals surface area contributed by atoms with E-state index in [-0.39, 0.29) is 16.7 Å². The number of benzene rings is 4. The Morgan fingerprint density at radius 3 is 0.923 bits per heavy atom. The molecule has 0 atom stereocenters. The second-order valence-electron chi connectivity index (χ2n) is 8.10. The van der Waals surface area contributed by atoms with Crippen molar-refractivity contribution < 1.29 is 29.7 Å². The first-order chi connectivity index (χ1) is 18.8. The summed E-state index contributed by atoms with van der Waals surface area (Å²) < 4.78 is 0.